The molecule has 3 unspecified atom stereocenters. The fourth-order valence-electron chi connectivity index (χ4n) is 3.41. The summed E-state index contributed by atoms with van der Waals surface area (Å²) >= 11 is 0. The summed E-state index contributed by atoms with van der Waals surface area (Å²) in [5.41, 5.74) is 0.0628. The number of halogens is 3. The molecule has 25 heavy (non-hydrogen) atoms. The molecule has 0 radical (unpaired) electrons. The minimum Gasteiger partial charge on any atom is -0.339 e. The Balaban J connectivity index is 1.49. The first kappa shape index (κ1) is 16.5. The van der Waals surface area contributed by atoms with E-state index in [2.05, 4.69) is 20.4 Å². The van der Waals surface area contributed by atoms with Crippen LogP contribution < -0.4 is 5.32 Å². The van der Waals surface area contributed by atoms with E-state index in [-0.39, 0.29) is 17.9 Å². The molecule has 2 fully saturated rings. The highest BCUT2D eigenvalue weighted by Crippen LogP contribution is 2.54. The van der Waals surface area contributed by atoms with Crippen molar-refractivity contribution in [3.8, 4) is 0 Å². The molecule has 3 atom stereocenters. The van der Waals surface area contributed by atoms with E-state index in [1.165, 1.54) is 12.1 Å². The van der Waals surface area contributed by atoms with Crippen LogP contribution >= 0.6 is 0 Å². The highest BCUT2D eigenvalue weighted by molar-refractivity contribution is 5.35. The number of rotatable bonds is 3. The first-order valence-corrected chi connectivity index (χ1v) is 8.35. The Labute approximate surface area is 143 Å². The summed E-state index contributed by atoms with van der Waals surface area (Å²) in [4.78, 5) is 6.68. The highest BCUT2D eigenvalue weighted by atomic mass is 19.4. The second kappa shape index (κ2) is 6.10. The van der Waals surface area contributed by atoms with Crippen molar-refractivity contribution in [2.24, 2.45) is 0 Å². The quantitative estimate of drug-likeness (QED) is 0.921. The molecule has 2 aliphatic rings. The molecule has 1 saturated carbocycles. The molecule has 5 nitrogen and oxygen atoms in total. The van der Waals surface area contributed by atoms with Crippen LogP contribution in [-0.4, -0.2) is 41.7 Å². The van der Waals surface area contributed by atoms with Gasteiger partial charge in [0.15, 0.2) is 5.82 Å². The number of nitrogens with zero attached hydrogens (tertiary/aromatic N) is 3. The lowest BCUT2D eigenvalue weighted by molar-refractivity contribution is -0.137. The number of piperazine rings is 1. The number of hydrogen-bond donors (Lipinski definition) is 1. The second-order valence-corrected chi connectivity index (χ2v) is 6.76. The van der Waals surface area contributed by atoms with E-state index < -0.39 is 11.7 Å². The van der Waals surface area contributed by atoms with Crippen molar-refractivity contribution in [1.82, 2.24) is 20.4 Å². The maximum absolute atomic E-state index is 12.9. The number of alkyl halides is 3. The van der Waals surface area contributed by atoms with Crippen molar-refractivity contribution in [2.75, 3.05) is 26.7 Å². The fraction of sp³-hybridized carbons (Fsp3) is 0.529. The first-order valence-electron chi connectivity index (χ1n) is 8.35. The maximum atomic E-state index is 12.9. The van der Waals surface area contributed by atoms with E-state index in [1.807, 2.05) is 7.05 Å². The Kier molecular flexibility index (Phi) is 4.04. The highest BCUT2D eigenvalue weighted by Gasteiger charge is 2.45. The predicted molar refractivity (Wildman–Crippen MR) is 84.1 cm³/mol. The van der Waals surface area contributed by atoms with Crippen molar-refractivity contribution in [2.45, 2.75) is 30.5 Å². The molecule has 0 bridgehead atoms. The lowest BCUT2D eigenvalue weighted by Gasteiger charge is -2.30. The summed E-state index contributed by atoms with van der Waals surface area (Å²) < 4.78 is 44.0. The zero-order chi connectivity index (χ0) is 17.6. The van der Waals surface area contributed by atoms with Gasteiger partial charge in [-0.05, 0) is 31.0 Å². The van der Waals surface area contributed by atoms with E-state index in [4.69, 9.17) is 4.52 Å². The lowest BCUT2D eigenvalue weighted by atomic mass is 10.1. The van der Waals surface area contributed by atoms with E-state index >= 15 is 0 Å². The number of aromatic nitrogens is 2. The van der Waals surface area contributed by atoms with Gasteiger partial charge in [0.05, 0.1) is 11.6 Å². The van der Waals surface area contributed by atoms with Crippen LogP contribution in [0.1, 0.15) is 47.1 Å². The van der Waals surface area contributed by atoms with Gasteiger partial charge < -0.3 is 9.84 Å². The third kappa shape index (κ3) is 3.28. The minimum absolute atomic E-state index is 0.00610. The van der Waals surface area contributed by atoms with Crippen molar-refractivity contribution < 1.29 is 17.7 Å². The molecular formula is C17H19F3N4O. The Morgan fingerprint density at radius 2 is 2.12 bits per heavy atom. The Morgan fingerprint density at radius 3 is 2.88 bits per heavy atom. The summed E-state index contributed by atoms with van der Waals surface area (Å²) in [5, 5.41) is 7.39. The summed E-state index contributed by atoms with van der Waals surface area (Å²) in [6, 6.07) is 5.57. The number of hydrogen-bond acceptors (Lipinski definition) is 5. The number of benzene rings is 1. The summed E-state index contributed by atoms with van der Waals surface area (Å²) in [6.07, 6.45) is -3.58. The molecule has 2 aromatic rings. The van der Waals surface area contributed by atoms with Crippen molar-refractivity contribution in [3.63, 3.8) is 0 Å². The molecule has 1 N–H and O–H groups in total. The normalized spacial score (nSPS) is 27.4. The van der Waals surface area contributed by atoms with Gasteiger partial charge in [0.1, 0.15) is 0 Å². The molecule has 1 aliphatic carbocycles. The van der Waals surface area contributed by atoms with E-state index in [0.29, 0.717) is 17.3 Å². The molecule has 4 rings (SSSR count). The van der Waals surface area contributed by atoms with Crippen LogP contribution in [0.15, 0.2) is 28.8 Å². The molecular weight excluding hydrogens is 333 g/mol. The number of nitrogens with one attached hydrogen (secondary N) is 1. The van der Waals surface area contributed by atoms with Gasteiger partial charge in [-0.25, -0.2) is 0 Å². The predicted octanol–water partition coefficient (Wildman–Crippen LogP) is 2.94. The summed E-state index contributed by atoms with van der Waals surface area (Å²) in [7, 11) is 2.02. The summed E-state index contributed by atoms with van der Waals surface area (Å²) in [5.74, 6) is 1.18. The topological polar surface area (TPSA) is 54.2 Å². The molecule has 8 heteroatoms. The smallest absolute Gasteiger partial charge is 0.339 e. The Hall–Kier alpha value is -1.93. The molecule has 0 amide bonds. The largest absolute Gasteiger partial charge is 0.416 e. The zero-order valence-corrected chi connectivity index (χ0v) is 13.8. The Morgan fingerprint density at radius 1 is 1.28 bits per heavy atom. The van der Waals surface area contributed by atoms with Gasteiger partial charge in [0.25, 0.3) is 0 Å². The molecule has 1 saturated heterocycles. The zero-order valence-electron chi connectivity index (χ0n) is 13.8. The average molecular weight is 352 g/mol. The van der Waals surface area contributed by atoms with Crippen molar-refractivity contribution in [1.29, 1.82) is 0 Å². The minimum atomic E-state index is -4.32. The van der Waals surface area contributed by atoms with Crippen LogP contribution in [0.4, 0.5) is 13.2 Å². The first-order chi connectivity index (χ1) is 11.9. The number of likely N-dealkylation sites (N-methyl/N-ethyl adjacent to an activating group) is 1. The standard InChI is InChI=1S/C17H19F3N4O/c1-24-6-5-21-9-14(24)15-22-16(25-23-15)13-8-12(13)10-3-2-4-11(7-10)17(18,19)20/h2-4,7,12-14,21H,5-6,8-9H2,1H3. The molecule has 2 heterocycles. The van der Waals surface area contributed by atoms with E-state index in [0.717, 1.165) is 32.1 Å². The van der Waals surface area contributed by atoms with Crippen LogP contribution in [0.5, 0.6) is 0 Å². The molecule has 0 spiro atoms. The second-order valence-electron chi connectivity index (χ2n) is 6.76. The molecule has 1 aliphatic heterocycles. The van der Waals surface area contributed by atoms with Gasteiger partial charge in [-0.1, -0.05) is 23.4 Å². The van der Waals surface area contributed by atoms with Crippen LogP contribution in [0.3, 0.4) is 0 Å². The molecule has 1 aromatic heterocycles. The van der Waals surface area contributed by atoms with Gasteiger partial charge in [0, 0.05) is 25.6 Å². The van der Waals surface area contributed by atoms with Gasteiger partial charge >= 0.3 is 6.18 Å². The molecule has 1 aromatic carbocycles. The fourth-order valence-corrected chi connectivity index (χ4v) is 3.41. The van der Waals surface area contributed by atoms with E-state index in [1.54, 1.807) is 6.07 Å². The van der Waals surface area contributed by atoms with Gasteiger partial charge in [-0.3, -0.25) is 4.90 Å². The third-order valence-electron chi connectivity index (χ3n) is 5.02. The monoisotopic (exact) mass is 352 g/mol. The molecule has 134 valence electrons. The van der Waals surface area contributed by atoms with Crippen LogP contribution in [-0.2, 0) is 6.18 Å². The average Bonchev–Trinajstić information content (AvgIpc) is 3.24. The van der Waals surface area contributed by atoms with Gasteiger partial charge in [0.2, 0.25) is 5.89 Å². The van der Waals surface area contributed by atoms with Crippen LogP contribution in [0.25, 0.3) is 0 Å². The lowest BCUT2D eigenvalue weighted by Crippen LogP contribution is -2.44. The van der Waals surface area contributed by atoms with Crippen molar-refractivity contribution in [3.05, 3.63) is 47.1 Å². The van der Waals surface area contributed by atoms with Crippen LogP contribution in [0.2, 0.25) is 0 Å². The summed E-state index contributed by atoms with van der Waals surface area (Å²) in [6.45, 7) is 2.60. The van der Waals surface area contributed by atoms with Crippen LogP contribution in [0, 0.1) is 0 Å². The third-order valence-corrected chi connectivity index (χ3v) is 5.02. The van der Waals surface area contributed by atoms with E-state index in [9.17, 15) is 13.2 Å². The van der Waals surface area contributed by atoms with Crippen molar-refractivity contribution >= 4 is 0 Å². The Bertz CT molecular complexity index is 760. The SMILES string of the molecule is CN1CCNCC1c1noc(C2CC2c2cccc(C(F)(F)F)c2)n1. The van der Waals surface area contributed by atoms with Gasteiger partial charge in [-0.2, -0.15) is 18.2 Å². The van der Waals surface area contributed by atoms with Gasteiger partial charge in [-0.15, -0.1) is 0 Å². The maximum Gasteiger partial charge on any atom is 0.416 e.